The van der Waals surface area contributed by atoms with Crippen LogP contribution in [0, 0.1) is 17.0 Å². The number of hydrogen-bond donors (Lipinski definition) is 2. The Morgan fingerprint density at radius 3 is 2.61 bits per heavy atom. The Bertz CT molecular complexity index is 714. The monoisotopic (exact) mass is 329 g/mol. The first-order chi connectivity index (χ1) is 11.0. The number of thiocarbonyl (C=S) groups is 1. The third kappa shape index (κ3) is 5.03. The third-order valence-corrected chi connectivity index (χ3v) is 3.82. The molecule has 0 saturated carbocycles. The summed E-state index contributed by atoms with van der Waals surface area (Å²) < 4.78 is 0. The first kappa shape index (κ1) is 16.9. The van der Waals surface area contributed by atoms with Crippen molar-refractivity contribution in [3.05, 3.63) is 63.7 Å². The van der Waals surface area contributed by atoms with Crippen molar-refractivity contribution in [1.29, 1.82) is 0 Å². The van der Waals surface area contributed by atoms with Gasteiger partial charge in [0.05, 0.1) is 21.3 Å². The number of nitrogens with zero attached hydrogens (tertiary/aromatic N) is 1. The molecule has 0 aliphatic rings. The minimum atomic E-state index is -0.453. The second kappa shape index (κ2) is 7.69. The fourth-order valence-corrected chi connectivity index (χ4v) is 2.44. The van der Waals surface area contributed by atoms with Gasteiger partial charge in [0.25, 0.3) is 5.69 Å². The van der Waals surface area contributed by atoms with Crippen LogP contribution in [-0.2, 0) is 6.42 Å². The second-order valence-corrected chi connectivity index (χ2v) is 5.91. The second-order valence-electron chi connectivity index (χ2n) is 5.42. The fraction of sp³-hybridized carbons (Fsp3) is 0.235. The van der Waals surface area contributed by atoms with Crippen molar-refractivity contribution in [2.24, 2.45) is 0 Å². The molecule has 0 atom stereocenters. The summed E-state index contributed by atoms with van der Waals surface area (Å²) in [5.41, 5.74) is 9.26. The van der Waals surface area contributed by atoms with E-state index in [1.807, 2.05) is 0 Å². The van der Waals surface area contributed by atoms with E-state index in [0.717, 1.165) is 12.8 Å². The highest BCUT2D eigenvalue weighted by molar-refractivity contribution is 7.80. The summed E-state index contributed by atoms with van der Waals surface area (Å²) in [5.74, 6) is 0. The molecule has 2 aromatic rings. The number of nitrogen functional groups attached to an aromatic ring is 1. The molecule has 6 heteroatoms. The molecule has 0 bridgehead atoms. The molecule has 2 aromatic carbocycles. The predicted molar refractivity (Wildman–Crippen MR) is 97.8 cm³/mol. The minimum absolute atomic E-state index is 0.0100. The summed E-state index contributed by atoms with van der Waals surface area (Å²) in [6, 6.07) is 12.7. The lowest BCUT2D eigenvalue weighted by Gasteiger charge is -2.10. The van der Waals surface area contributed by atoms with Gasteiger partial charge in [0.1, 0.15) is 0 Å². The fourth-order valence-electron chi connectivity index (χ4n) is 2.19. The number of nitrogens with one attached hydrogen (secondary N) is 1. The lowest BCUT2D eigenvalue weighted by molar-refractivity contribution is -0.384. The predicted octanol–water partition coefficient (Wildman–Crippen LogP) is 4.25. The van der Waals surface area contributed by atoms with Crippen LogP contribution in [-0.4, -0.2) is 9.91 Å². The van der Waals surface area contributed by atoms with Gasteiger partial charge in [0, 0.05) is 12.1 Å². The van der Waals surface area contributed by atoms with E-state index in [-0.39, 0.29) is 5.69 Å². The van der Waals surface area contributed by atoms with Crippen LogP contribution in [0.15, 0.2) is 42.5 Å². The molecule has 0 spiro atoms. The lowest BCUT2D eigenvalue weighted by Crippen LogP contribution is -2.11. The normalized spacial score (nSPS) is 10.3. The van der Waals surface area contributed by atoms with Crippen LogP contribution in [0.25, 0.3) is 0 Å². The number of nitro groups is 1. The molecule has 0 fully saturated rings. The highest BCUT2D eigenvalue weighted by atomic mass is 32.1. The molecule has 0 unspecified atom stereocenters. The van der Waals surface area contributed by atoms with Gasteiger partial charge >= 0.3 is 0 Å². The topological polar surface area (TPSA) is 81.2 Å². The molecule has 23 heavy (non-hydrogen) atoms. The molecule has 0 saturated heterocycles. The Morgan fingerprint density at radius 1 is 1.26 bits per heavy atom. The number of aryl methyl sites for hydroxylation is 2. The van der Waals surface area contributed by atoms with Crippen molar-refractivity contribution in [3.63, 3.8) is 0 Å². The van der Waals surface area contributed by atoms with Crippen molar-refractivity contribution in [3.8, 4) is 0 Å². The molecule has 0 heterocycles. The van der Waals surface area contributed by atoms with Crippen molar-refractivity contribution >= 4 is 34.3 Å². The summed E-state index contributed by atoms with van der Waals surface area (Å²) in [6.07, 6.45) is 2.54. The van der Waals surface area contributed by atoms with Crippen LogP contribution in [0.1, 0.15) is 24.0 Å². The third-order valence-electron chi connectivity index (χ3n) is 3.51. The number of nitrogens with two attached hydrogens (primary N) is 1. The van der Waals surface area contributed by atoms with Crippen molar-refractivity contribution < 1.29 is 4.92 Å². The summed E-state index contributed by atoms with van der Waals surface area (Å²) in [4.78, 5) is 11.0. The first-order valence-corrected chi connectivity index (χ1v) is 7.76. The summed E-state index contributed by atoms with van der Waals surface area (Å²) >= 11 is 5.30. The van der Waals surface area contributed by atoms with Gasteiger partial charge in [-0.3, -0.25) is 10.1 Å². The number of hydrogen-bond acceptors (Lipinski definition) is 4. The number of rotatable bonds is 6. The quantitative estimate of drug-likeness (QED) is 0.358. The van der Waals surface area contributed by atoms with E-state index < -0.39 is 4.92 Å². The van der Waals surface area contributed by atoms with E-state index in [1.54, 1.807) is 0 Å². The maximum atomic E-state index is 10.8. The largest absolute Gasteiger partial charge is 0.397 e. The standard InChI is InChI=1S/C17H19N3O2S/c1-12-5-7-13(8-6-12)3-2-4-17(23)19-16-11-14(20(21)22)9-10-15(16)18/h5-11H,2-4,18H2,1H3,(H,19,23). The lowest BCUT2D eigenvalue weighted by atomic mass is 10.1. The Labute approximate surface area is 140 Å². The Morgan fingerprint density at radius 2 is 1.96 bits per heavy atom. The molecule has 0 radical (unpaired) electrons. The molecule has 0 aromatic heterocycles. The van der Waals surface area contributed by atoms with Crippen LogP contribution in [0.5, 0.6) is 0 Å². The van der Waals surface area contributed by atoms with Crippen molar-refractivity contribution in [2.75, 3.05) is 11.1 Å². The zero-order chi connectivity index (χ0) is 16.8. The van der Waals surface area contributed by atoms with Crippen LogP contribution in [0.3, 0.4) is 0 Å². The maximum absolute atomic E-state index is 10.8. The van der Waals surface area contributed by atoms with E-state index in [4.69, 9.17) is 18.0 Å². The summed E-state index contributed by atoms with van der Waals surface area (Å²) in [5, 5.41) is 13.8. The van der Waals surface area contributed by atoms with Gasteiger partial charge in [-0.1, -0.05) is 42.0 Å². The zero-order valence-electron chi connectivity index (χ0n) is 12.9. The molecule has 5 nitrogen and oxygen atoms in total. The van der Waals surface area contributed by atoms with Crippen LogP contribution in [0.2, 0.25) is 0 Å². The smallest absolute Gasteiger partial charge is 0.271 e. The van der Waals surface area contributed by atoms with E-state index >= 15 is 0 Å². The SMILES string of the molecule is Cc1ccc(CCCC(=S)Nc2cc([N+](=O)[O-])ccc2N)cc1. The number of non-ortho nitro benzene ring substituents is 1. The molecule has 3 N–H and O–H groups in total. The van der Waals surface area contributed by atoms with E-state index in [9.17, 15) is 10.1 Å². The van der Waals surface area contributed by atoms with Gasteiger partial charge in [0.15, 0.2) is 0 Å². The highest BCUT2D eigenvalue weighted by Gasteiger charge is 2.10. The molecule has 0 amide bonds. The van der Waals surface area contributed by atoms with E-state index in [0.29, 0.717) is 22.8 Å². The molecule has 2 rings (SSSR count). The minimum Gasteiger partial charge on any atom is -0.397 e. The van der Waals surface area contributed by atoms with Gasteiger partial charge in [-0.2, -0.15) is 0 Å². The van der Waals surface area contributed by atoms with Crippen molar-refractivity contribution in [2.45, 2.75) is 26.2 Å². The average molecular weight is 329 g/mol. The Balaban J connectivity index is 1.88. The van der Waals surface area contributed by atoms with Gasteiger partial charge in [0.2, 0.25) is 0 Å². The van der Waals surface area contributed by atoms with E-state index in [2.05, 4.69) is 36.5 Å². The average Bonchev–Trinajstić information content (AvgIpc) is 2.51. The zero-order valence-corrected chi connectivity index (χ0v) is 13.7. The number of benzene rings is 2. The van der Waals surface area contributed by atoms with Gasteiger partial charge in [-0.15, -0.1) is 0 Å². The molecule has 0 aliphatic carbocycles. The van der Waals surface area contributed by atoms with Crippen LogP contribution >= 0.6 is 12.2 Å². The summed E-state index contributed by atoms with van der Waals surface area (Å²) in [7, 11) is 0. The number of nitro benzene ring substituents is 1. The summed E-state index contributed by atoms with van der Waals surface area (Å²) in [6.45, 7) is 2.06. The van der Waals surface area contributed by atoms with Crippen molar-refractivity contribution in [1.82, 2.24) is 0 Å². The Kier molecular flexibility index (Phi) is 5.65. The van der Waals surface area contributed by atoms with Gasteiger partial charge in [-0.05, 0) is 37.8 Å². The molecule has 0 aliphatic heterocycles. The maximum Gasteiger partial charge on any atom is 0.271 e. The highest BCUT2D eigenvalue weighted by Crippen LogP contribution is 2.24. The molecular weight excluding hydrogens is 310 g/mol. The molecular formula is C17H19N3O2S. The van der Waals surface area contributed by atoms with Gasteiger partial charge in [-0.25, -0.2) is 0 Å². The van der Waals surface area contributed by atoms with E-state index in [1.165, 1.54) is 29.3 Å². The van der Waals surface area contributed by atoms with Gasteiger partial charge < -0.3 is 11.1 Å². The van der Waals surface area contributed by atoms with Crippen LogP contribution in [0.4, 0.5) is 17.1 Å². The first-order valence-electron chi connectivity index (χ1n) is 7.35. The molecule has 120 valence electrons. The Hall–Kier alpha value is -2.47. The van der Waals surface area contributed by atoms with Crippen LogP contribution < -0.4 is 11.1 Å². The number of anilines is 2.